The normalized spacial score (nSPS) is 9.69. The lowest BCUT2D eigenvalue weighted by atomic mass is 10.1. The Labute approximate surface area is 151 Å². The van der Waals surface area contributed by atoms with Gasteiger partial charge in [-0.3, -0.25) is 14.4 Å². The summed E-state index contributed by atoms with van der Waals surface area (Å²) in [5.41, 5.74) is 2.20. The summed E-state index contributed by atoms with van der Waals surface area (Å²) >= 11 is 0. The molecular formula is C19H18N4O3. The molecule has 0 unspecified atom stereocenters. The van der Waals surface area contributed by atoms with Gasteiger partial charge in [-0.25, -0.2) is 0 Å². The third kappa shape index (κ3) is 5.46. The molecule has 0 saturated carbocycles. The lowest BCUT2D eigenvalue weighted by molar-refractivity contribution is -0.115. The number of anilines is 2. The van der Waals surface area contributed by atoms with Crippen LogP contribution in [0.15, 0.2) is 48.5 Å². The lowest BCUT2D eigenvalue weighted by Gasteiger charge is -2.12. The molecule has 132 valence electrons. The summed E-state index contributed by atoms with van der Waals surface area (Å²) in [6, 6.07) is 15.4. The molecule has 0 saturated heterocycles. The zero-order chi connectivity index (χ0) is 18.9. The minimum Gasteiger partial charge on any atom is -0.348 e. The third-order valence-electron chi connectivity index (χ3n) is 3.42. The van der Waals surface area contributed by atoms with Gasteiger partial charge >= 0.3 is 0 Å². The second kappa shape index (κ2) is 8.99. The van der Waals surface area contributed by atoms with Gasteiger partial charge in [-0.05, 0) is 29.8 Å². The molecule has 0 heterocycles. The van der Waals surface area contributed by atoms with E-state index in [1.54, 1.807) is 54.6 Å². The quantitative estimate of drug-likeness (QED) is 0.743. The first-order chi connectivity index (χ1) is 12.5. The highest BCUT2D eigenvalue weighted by molar-refractivity contribution is 5.97. The van der Waals surface area contributed by atoms with Crippen molar-refractivity contribution < 1.29 is 14.4 Å². The highest BCUT2D eigenvalue weighted by atomic mass is 16.2. The minimum absolute atomic E-state index is 0.201. The number of carbonyl (C=O) groups is 3. The second-order valence-electron chi connectivity index (χ2n) is 5.48. The van der Waals surface area contributed by atoms with E-state index in [9.17, 15) is 14.4 Å². The molecular weight excluding hydrogens is 332 g/mol. The Morgan fingerprint density at radius 1 is 1.04 bits per heavy atom. The van der Waals surface area contributed by atoms with Crippen molar-refractivity contribution in [2.45, 2.75) is 19.9 Å². The molecule has 0 spiro atoms. The summed E-state index contributed by atoms with van der Waals surface area (Å²) in [6.45, 7) is 1.59. The largest absolute Gasteiger partial charge is 0.348 e. The number of para-hydroxylation sites is 1. The van der Waals surface area contributed by atoms with Crippen molar-refractivity contribution in [3.63, 3.8) is 0 Å². The van der Waals surface area contributed by atoms with E-state index in [0.717, 1.165) is 0 Å². The first-order valence-electron chi connectivity index (χ1n) is 7.90. The Kier molecular flexibility index (Phi) is 6.46. The Morgan fingerprint density at radius 2 is 1.81 bits per heavy atom. The number of hydrogen-bond donors (Lipinski definition) is 3. The molecule has 3 amide bonds. The summed E-state index contributed by atoms with van der Waals surface area (Å²) in [7, 11) is 0. The number of nitrogens with zero attached hydrogens (tertiary/aromatic N) is 1. The maximum Gasteiger partial charge on any atom is 0.251 e. The van der Waals surface area contributed by atoms with Crippen LogP contribution < -0.4 is 16.0 Å². The second-order valence-corrected chi connectivity index (χ2v) is 5.48. The topological polar surface area (TPSA) is 111 Å². The number of rotatable bonds is 6. The third-order valence-corrected chi connectivity index (χ3v) is 3.42. The van der Waals surface area contributed by atoms with Crippen LogP contribution in [0.1, 0.15) is 29.3 Å². The number of amides is 3. The summed E-state index contributed by atoms with van der Waals surface area (Å²) < 4.78 is 0. The maximum atomic E-state index is 12.3. The van der Waals surface area contributed by atoms with Gasteiger partial charge in [-0.15, -0.1) is 0 Å². The van der Waals surface area contributed by atoms with Crippen molar-refractivity contribution >= 4 is 29.1 Å². The Balaban J connectivity index is 2.05. The number of hydrogen-bond acceptors (Lipinski definition) is 4. The fraction of sp³-hybridized carbons (Fsp3) is 0.158. The average Bonchev–Trinajstić information content (AvgIpc) is 2.60. The van der Waals surface area contributed by atoms with E-state index in [-0.39, 0.29) is 24.8 Å². The zero-order valence-electron chi connectivity index (χ0n) is 14.2. The molecule has 0 fully saturated rings. The van der Waals surface area contributed by atoms with Crippen LogP contribution in [0.25, 0.3) is 0 Å². The monoisotopic (exact) mass is 350 g/mol. The van der Waals surface area contributed by atoms with Gasteiger partial charge in [0.15, 0.2) is 0 Å². The highest BCUT2D eigenvalue weighted by Crippen LogP contribution is 2.16. The molecule has 2 rings (SSSR count). The van der Waals surface area contributed by atoms with Crippen LogP contribution in [0.2, 0.25) is 0 Å². The predicted molar refractivity (Wildman–Crippen MR) is 97.2 cm³/mol. The van der Waals surface area contributed by atoms with E-state index in [0.29, 0.717) is 22.5 Å². The molecule has 0 aliphatic rings. The summed E-state index contributed by atoms with van der Waals surface area (Å²) in [4.78, 5) is 35.0. The van der Waals surface area contributed by atoms with E-state index >= 15 is 0 Å². The van der Waals surface area contributed by atoms with Crippen molar-refractivity contribution in [2.75, 3.05) is 10.6 Å². The molecule has 0 aromatic heterocycles. The van der Waals surface area contributed by atoms with Gasteiger partial charge in [0, 0.05) is 30.4 Å². The smallest absolute Gasteiger partial charge is 0.251 e. The maximum absolute atomic E-state index is 12.3. The van der Waals surface area contributed by atoms with Gasteiger partial charge in [0.25, 0.3) is 5.91 Å². The van der Waals surface area contributed by atoms with Gasteiger partial charge in [0.05, 0.1) is 6.07 Å². The summed E-state index contributed by atoms with van der Waals surface area (Å²) in [5, 5.41) is 16.6. The minimum atomic E-state index is -0.408. The van der Waals surface area contributed by atoms with E-state index in [4.69, 9.17) is 5.26 Å². The Morgan fingerprint density at radius 3 is 2.54 bits per heavy atom. The van der Waals surface area contributed by atoms with Gasteiger partial charge < -0.3 is 16.0 Å². The number of carbonyl (C=O) groups excluding carboxylic acids is 3. The lowest BCUT2D eigenvalue weighted by Crippen LogP contribution is -2.24. The Bertz CT molecular complexity index is 871. The highest BCUT2D eigenvalue weighted by Gasteiger charge is 2.10. The molecule has 0 aliphatic heterocycles. The van der Waals surface area contributed by atoms with Crippen LogP contribution in [0.4, 0.5) is 11.4 Å². The van der Waals surface area contributed by atoms with Crippen LogP contribution in [0.5, 0.6) is 0 Å². The zero-order valence-corrected chi connectivity index (χ0v) is 14.2. The summed E-state index contributed by atoms with van der Waals surface area (Å²) in [6.07, 6.45) is -0.239. The van der Waals surface area contributed by atoms with E-state index in [1.807, 2.05) is 0 Å². The Hall–Kier alpha value is -3.66. The van der Waals surface area contributed by atoms with E-state index in [2.05, 4.69) is 16.0 Å². The van der Waals surface area contributed by atoms with Crippen molar-refractivity contribution in [2.24, 2.45) is 0 Å². The molecule has 3 N–H and O–H groups in total. The molecule has 2 aromatic carbocycles. The van der Waals surface area contributed by atoms with E-state index in [1.165, 1.54) is 6.92 Å². The van der Waals surface area contributed by atoms with E-state index < -0.39 is 5.91 Å². The van der Waals surface area contributed by atoms with Crippen LogP contribution in [-0.2, 0) is 16.1 Å². The predicted octanol–water partition coefficient (Wildman–Crippen LogP) is 2.43. The van der Waals surface area contributed by atoms with Gasteiger partial charge in [-0.2, -0.15) is 5.26 Å². The van der Waals surface area contributed by atoms with Crippen molar-refractivity contribution in [3.05, 3.63) is 59.7 Å². The molecule has 0 aliphatic carbocycles. The molecule has 7 nitrogen and oxygen atoms in total. The molecule has 0 bridgehead atoms. The fourth-order valence-electron chi connectivity index (χ4n) is 2.28. The first kappa shape index (κ1) is 18.7. The van der Waals surface area contributed by atoms with Gasteiger partial charge in [-0.1, -0.05) is 24.3 Å². The molecule has 7 heteroatoms. The average molecular weight is 350 g/mol. The van der Waals surface area contributed by atoms with Crippen molar-refractivity contribution in [1.82, 2.24) is 5.32 Å². The number of benzene rings is 2. The van der Waals surface area contributed by atoms with Crippen molar-refractivity contribution in [3.8, 4) is 6.07 Å². The molecule has 0 atom stereocenters. The number of nitrogens with one attached hydrogen (secondary N) is 3. The molecule has 26 heavy (non-hydrogen) atoms. The van der Waals surface area contributed by atoms with Crippen LogP contribution in [0.3, 0.4) is 0 Å². The van der Waals surface area contributed by atoms with Crippen molar-refractivity contribution in [1.29, 1.82) is 5.26 Å². The number of nitriles is 1. The fourth-order valence-corrected chi connectivity index (χ4v) is 2.28. The molecule has 0 radical (unpaired) electrons. The first-order valence-corrected chi connectivity index (χ1v) is 7.90. The van der Waals surface area contributed by atoms with Crippen LogP contribution in [-0.4, -0.2) is 17.7 Å². The summed E-state index contributed by atoms with van der Waals surface area (Å²) in [5.74, 6) is -0.936. The van der Waals surface area contributed by atoms with Gasteiger partial charge in [0.2, 0.25) is 11.8 Å². The van der Waals surface area contributed by atoms with Crippen LogP contribution >= 0.6 is 0 Å². The molecule has 2 aromatic rings. The van der Waals surface area contributed by atoms with Crippen LogP contribution in [0, 0.1) is 11.3 Å². The standard InChI is InChI=1S/C19H18N4O3/c1-13(24)22-16-7-4-6-14(11-16)19(26)21-12-15-5-2-3-8-17(15)23-18(25)9-10-20/h2-8,11H,9,12H2,1H3,(H,21,26)(H,22,24)(H,23,25). The SMILES string of the molecule is CC(=O)Nc1cccc(C(=O)NCc2ccccc2NC(=O)CC#N)c1. The van der Waals surface area contributed by atoms with Gasteiger partial charge in [0.1, 0.15) is 6.42 Å².